The van der Waals surface area contributed by atoms with Crippen molar-refractivity contribution in [1.82, 2.24) is 20.4 Å². The van der Waals surface area contributed by atoms with Crippen LogP contribution in [0.15, 0.2) is 72.0 Å². The number of benzene rings is 2. The van der Waals surface area contributed by atoms with Gasteiger partial charge in [-0.05, 0) is 42.3 Å². The van der Waals surface area contributed by atoms with Crippen LogP contribution in [-0.4, -0.2) is 22.8 Å². The number of hydrogen-bond donors (Lipinski definition) is 2. The molecule has 1 unspecified atom stereocenters. The van der Waals surface area contributed by atoms with Crippen LogP contribution in [0, 0.1) is 0 Å². The van der Waals surface area contributed by atoms with Crippen molar-refractivity contribution in [1.29, 1.82) is 0 Å². The van der Waals surface area contributed by atoms with E-state index in [0.717, 1.165) is 27.8 Å². The highest BCUT2D eigenvalue weighted by Gasteiger charge is 2.10. The molecule has 0 spiro atoms. The SMILES string of the molecule is CN=C(NCc1cccc(-n2cccn2)c1)NC(C)c1ccccc1Cl. The molecule has 0 aliphatic carbocycles. The summed E-state index contributed by atoms with van der Waals surface area (Å²) in [6, 6.07) is 18.0. The number of halogens is 1. The van der Waals surface area contributed by atoms with Gasteiger partial charge in [-0.1, -0.05) is 41.9 Å². The minimum absolute atomic E-state index is 0.0466. The number of hydrogen-bond acceptors (Lipinski definition) is 2. The van der Waals surface area contributed by atoms with Crippen LogP contribution in [0.3, 0.4) is 0 Å². The second-order valence-electron chi connectivity index (χ2n) is 5.93. The Morgan fingerprint density at radius 1 is 1.19 bits per heavy atom. The Morgan fingerprint density at radius 2 is 2.04 bits per heavy atom. The highest BCUT2D eigenvalue weighted by molar-refractivity contribution is 6.31. The standard InChI is InChI=1S/C20H22ClN5/c1-15(18-9-3-4-10-19(18)21)25-20(22-2)23-14-16-7-5-8-17(13-16)26-12-6-11-24-26/h3-13,15H,14H2,1-2H3,(H2,22,23,25). The van der Waals surface area contributed by atoms with E-state index in [9.17, 15) is 0 Å². The van der Waals surface area contributed by atoms with Gasteiger partial charge in [-0.15, -0.1) is 0 Å². The lowest BCUT2D eigenvalue weighted by Crippen LogP contribution is -2.38. The topological polar surface area (TPSA) is 54.2 Å². The fraction of sp³-hybridized carbons (Fsp3) is 0.200. The Bertz CT molecular complexity index is 873. The molecule has 1 heterocycles. The lowest BCUT2D eigenvalue weighted by Gasteiger charge is -2.19. The monoisotopic (exact) mass is 367 g/mol. The van der Waals surface area contributed by atoms with Crippen molar-refractivity contribution >= 4 is 17.6 Å². The largest absolute Gasteiger partial charge is 0.352 e. The Balaban J connectivity index is 1.63. The first-order valence-electron chi connectivity index (χ1n) is 8.48. The second kappa shape index (κ2) is 8.54. The molecule has 0 saturated carbocycles. The third kappa shape index (κ3) is 4.43. The minimum Gasteiger partial charge on any atom is -0.352 e. The van der Waals surface area contributed by atoms with Crippen molar-refractivity contribution in [3.05, 3.63) is 83.1 Å². The Labute approximate surface area is 158 Å². The second-order valence-corrected chi connectivity index (χ2v) is 6.34. The molecule has 3 aromatic rings. The molecule has 3 rings (SSSR count). The van der Waals surface area contributed by atoms with Gasteiger partial charge >= 0.3 is 0 Å². The van der Waals surface area contributed by atoms with Crippen LogP contribution in [0.1, 0.15) is 24.1 Å². The quantitative estimate of drug-likeness (QED) is 0.530. The fourth-order valence-electron chi connectivity index (χ4n) is 2.72. The zero-order valence-electron chi connectivity index (χ0n) is 14.9. The molecule has 1 aromatic heterocycles. The molecule has 6 heteroatoms. The van der Waals surface area contributed by atoms with Crippen molar-refractivity contribution in [3.63, 3.8) is 0 Å². The number of nitrogens with one attached hydrogen (secondary N) is 2. The first-order chi connectivity index (χ1) is 12.7. The van der Waals surface area contributed by atoms with E-state index < -0.39 is 0 Å². The van der Waals surface area contributed by atoms with Crippen LogP contribution < -0.4 is 10.6 Å². The van der Waals surface area contributed by atoms with Crippen molar-refractivity contribution in [3.8, 4) is 5.69 Å². The van der Waals surface area contributed by atoms with Gasteiger partial charge < -0.3 is 10.6 Å². The van der Waals surface area contributed by atoms with Gasteiger partial charge in [0, 0.05) is 31.0 Å². The zero-order valence-corrected chi connectivity index (χ0v) is 15.6. The van der Waals surface area contributed by atoms with Crippen LogP contribution in [0.25, 0.3) is 5.69 Å². The van der Waals surface area contributed by atoms with Crippen LogP contribution in [0.5, 0.6) is 0 Å². The number of nitrogens with zero attached hydrogens (tertiary/aromatic N) is 3. The Morgan fingerprint density at radius 3 is 2.77 bits per heavy atom. The molecule has 0 aliphatic rings. The maximum atomic E-state index is 6.28. The van der Waals surface area contributed by atoms with Gasteiger partial charge in [-0.3, -0.25) is 4.99 Å². The third-order valence-corrected chi connectivity index (χ3v) is 4.43. The highest BCUT2D eigenvalue weighted by Crippen LogP contribution is 2.21. The smallest absolute Gasteiger partial charge is 0.191 e. The number of aliphatic imine (C=N–C) groups is 1. The minimum atomic E-state index is 0.0466. The summed E-state index contributed by atoms with van der Waals surface area (Å²) < 4.78 is 1.84. The van der Waals surface area contributed by atoms with Crippen molar-refractivity contribution in [2.45, 2.75) is 19.5 Å². The summed E-state index contributed by atoms with van der Waals surface area (Å²) in [4.78, 5) is 4.30. The van der Waals surface area contributed by atoms with E-state index >= 15 is 0 Å². The van der Waals surface area contributed by atoms with Crippen LogP contribution in [0.2, 0.25) is 5.02 Å². The van der Waals surface area contributed by atoms with Gasteiger partial charge in [0.15, 0.2) is 5.96 Å². The van der Waals surface area contributed by atoms with E-state index in [2.05, 4.69) is 39.8 Å². The third-order valence-electron chi connectivity index (χ3n) is 4.09. The van der Waals surface area contributed by atoms with Gasteiger partial charge in [-0.2, -0.15) is 5.10 Å². The maximum absolute atomic E-state index is 6.28. The predicted molar refractivity (Wildman–Crippen MR) is 107 cm³/mol. The van der Waals surface area contributed by atoms with Crippen LogP contribution >= 0.6 is 11.6 Å². The molecule has 0 aliphatic heterocycles. The zero-order chi connectivity index (χ0) is 18.4. The molecule has 2 N–H and O–H groups in total. The first-order valence-corrected chi connectivity index (χ1v) is 8.85. The van der Waals surface area contributed by atoms with Gasteiger partial charge in [0.25, 0.3) is 0 Å². The summed E-state index contributed by atoms with van der Waals surface area (Å²) >= 11 is 6.28. The van der Waals surface area contributed by atoms with Crippen LogP contribution in [-0.2, 0) is 6.54 Å². The molecule has 26 heavy (non-hydrogen) atoms. The summed E-state index contributed by atoms with van der Waals surface area (Å²) in [5.74, 6) is 0.724. The molecule has 0 fully saturated rings. The van der Waals surface area contributed by atoms with E-state index in [0.29, 0.717) is 6.54 Å². The summed E-state index contributed by atoms with van der Waals surface area (Å²) in [7, 11) is 1.76. The Hall–Kier alpha value is -2.79. The average molecular weight is 368 g/mol. The molecule has 5 nitrogen and oxygen atoms in total. The molecular formula is C20H22ClN5. The van der Waals surface area contributed by atoms with Crippen molar-refractivity contribution in [2.75, 3.05) is 7.05 Å². The molecular weight excluding hydrogens is 346 g/mol. The molecule has 0 saturated heterocycles. The highest BCUT2D eigenvalue weighted by atomic mass is 35.5. The maximum Gasteiger partial charge on any atom is 0.191 e. The van der Waals surface area contributed by atoms with E-state index in [1.54, 1.807) is 13.2 Å². The summed E-state index contributed by atoms with van der Waals surface area (Å²) in [5, 5.41) is 11.7. The number of rotatable bonds is 5. The van der Waals surface area contributed by atoms with Gasteiger partial charge in [0.05, 0.1) is 11.7 Å². The molecule has 134 valence electrons. The molecule has 2 aromatic carbocycles. The van der Waals surface area contributed by atoms with E-state index in [-0.39, 0.29) is 6.04 Å². The molecule has 1 atom stereocenters. The first kappa shape index (κ1) is 18.0. The fourth-order valence-corrected chi connectivity index (χ4v) is 3.02. The van der Waals surface area contributed by atoms with Crippen molar-refractivity contribution in [2.24, 2.45) is 4.99 Å². The van der Waals surface area contributed by atoms with Gasteiger partial charge in [0.2, 0.25) is 0 Å². The lowest BCUT2D eigenvalue weighted by molar-refractivity contribution is 0.685. The van der Waals surface area contributed by atoms with E-state index in [4.69, 9.17) is 11.6 Å². The molecule has 0 amide bonds. The van der Waals surface area contributed by atoms with E-state index in [1.807, 2.05) is 53.3 Å². The molecule has 0 bridgehead atoms. The van der Waals surface area contributed by atoms with E-state index in [1.165, 1.54) is 0 Å². The Kier molecular flexibility index (Phi) is 5.92. The summed E-state index contributed by atoms with van der Waals surface area (Å²) in [6.45, 7) is 2.72. The van der Waals surface area contributed by atoms with Gasteiger partial charge in [-0.25, -0.2) is 4.68 Å². The summed E-state index contributed by atoms with van der Waals surface area (Å²) in [5.41, 5.74) is 3.21. The van der Waals surface area contributed by atoms with Crippen LogP contribution in [0.4, 0.5) is 0 Å². The number of aromatic nitrogens is 2. The summed E-state index contributed by atoms with van der Waals surface area (Å²) in [6.07, 6.45) is 3.70. The average Bonchev–Trinajstić information content (AvgIpc) is 3.20. The normalized spacial score (nSPS) is 12.7. The number of guanidine groups is 1. The van der Waals surface area contributed by atoms with Crippen molar-refractivity contribution < 1.29 is 0 Å². The predicted octanol–water partition coefficient (Wildman–Crippen LogP) is 3.95. The molecule has 0 radical (unpaired) electrons. The van der Waals surface area contributed by atoms with Gasteiger partial charge in [0.1, 0.15) is 0 Å². The lowest BCUT2D eigenvalue weighted by atomic mass is 10.1.